The topological polar surface area (TPSA) is 55.6 Å². The van der Waals surface area contributed by atoms with Gasteiger partial charge in [-0.3, -0.25) is 4.90 Å². The monoisotopic (exact) mass is 220 g/mol. The highest BCUT2D eigenvalue weighted by atomic mass is 16.5. The molecule has 2 rings (SSSR count). The number of amides is 1. The van der Waals surface area contributed by atoms with Crippen LogP contribution < -0.4 is 10.5 Å². The van der Waals surface area contributed by atoms with E-state index in [1.54, 1.807) is 12.1 Å². The number of benzene rings is 1. The number of rotatable bonds is 3. The second-order valence-corrected chi connectivity index (χ2v) is 4.05. The highest BCUT2D eigenvalue weighted by Crippen LogP contribution is 2.16. The van der Waals surface area contributed by atoms with Crippen LogP contribution in [-0.4, -0.2) is 24.1 Å². The Balaban J connectivity index is 1.93. The fourth-order valence-corrected chi connectivity index (χ4v) is 1.98. The lowest BCUT2D eigenvalue weighted by Gasteiger charge is -2.14. The fraction of sp³-hybridized carbons (Fsp3) is 0.417. The lowest BCUT2D eigenvalue weighted by atomic mass is 10.2. The molecule has 86 valence electrons. The Morgan fingerprint density at radius 3 is 2.44 bits per heavy atom. The van der Waals surface area contributed by atoms with E-state index in [1.807, 2.05) is 12.1 Å². The summed E-state index contributed by atoms with van der Waals surface area (Å²) in [5.74, 6) is 0.498. The fourth-order valence-electron chi connectivity index (χ4n) is 1.98. The number of primary amides is 1. The third-order valence-electron chi connectivity index (χ3n) is 2.75. The number of hydrogen-bond donors (Lipinski definition) is 1. The van der Waals surface area contributed by atoms with E-state index >= 15 is 0 Å². The Morgan fingerprint density at radius 1 is 1.25 bits per heavy atom. The lowest BCUT2D eigenvalue weighted by Crippen LogP contribution is -2.18. The predicted molar refractivity (Wildman–Crippen MR) is 61.2 cm³/mol. The van der Waals surface area contributed by atoms with Crippen LogP contribution in [0.25, 0.3) is 0 Å². The molecule has 0 aromatic heterocycles. The van der Waals surface area contributed by atoms with Gasteiger partial charge in [0.2, 0.25) is 0 Å². The zero-order valence-corrected chi connectivity index (χ0v) is 9.19. The molecular formula is C12H16N2O2. The molecule has 0 spiro atoms. The van der Waals surface area contributed by atoms with Gasteiger partial charge in [-0.2, -0.15) is 0 Å². The van der Waals surface area contributed by atoms with Gasteiger partial charge in [-0.25, -0.2) is 4.79 Å². The molecule has 0 aliphatic carbocycles. The molecule has 16 heavy (non-hydrogen) atoms. The van der Waals surface area contributed by atoms with E-state index in [0.717, 1.165) is 6.54 Å². The molecule has 1 fully saturated rings. The number of ether oxygens (including phenoxy) is 1. The van der Waals surface area contributed by atoms with E-state index in [-0.39, 0.29) is 0 Å². The number of carbonyl (C=O) groups excluding carboxylic acids is 1. The molecule has 2 N–H and O–H groups in total. The maximum atomic E-state index is 10.5. The Bertz CT molecular complexity index is 356. The number of nitrogens with two attached hydrogens (primary N) is 1. The second kappa shape index (κ2) is 4.99. The molecule has 0 bridgehead atoms. The first-order chi connectivity index (χ1) is 7.74. The zero-order valence-electron chi connectivity index (χ0n) is 9.19. The van der Waals surface area contributed by atoms with Crippen LogP contribution in [-0.2, 0) is 6.54 Å². The molecule has 1 aromatic rings. The summed E-state index contributed by atoms with van der Waals surface area (Å²) in [6.45, 7) is 3.33. The molecule has 0 unspecified atom stereocenters. The maximum absolute atomic E-state index is 10.5. The summed E-state index contributed by atoms with van der Waals surface area (Å²) in [5.41, 5.74) is 6.16. The minimum atomic E-state index is -0.771. The SMILES string of the molecule is NC(=O)Oc1ccc(CN2CCCC2)cc1. The van der Waals surface area contributed by atoms with Crippen LogP contribution in [0.1, 0.15) is 18.4 Å². The standard InChI is InChI=1S/C12H16N2O2/c13-12(15)16-11-5-3-10(4-6-11)9-14-7-1-2-8-14/h3-6H,1-2,7-9H2,(H2,13,15). The van der Waals surface area contributed by atoms with Crippen molar-refractivity contribution in [3.63, 3.8) is 0 Å². The third-order valence-corrected chi connectivity index (χ3v) is 2.75. The summed E-state index contributed by atoms with van der Waals surface area (Å²) in [5, 5.41) is 0. The van der Waals surface area contributed by atoms with Gasteiger partial charge in [-0.1, -0.05) is 12.1 Å². The van der Waals surface area contributed by atoms with Gasteiger partial charge in [-0.15, -0.1) is 0 Å². The van der Waals surface area contributed by atoms with E-state index in [2.05, 4.69) is 4.90 Å². The summed E-state index contributed by atoms with van der Waals surface area (Å²) in [7, 11) is 0. The van der Waals surface area contributed by atoms with Gasteiger partial charge in [0.25, 0.3) is 0 Å². The van der Waals surface area contributed by atoms with Gasteiger partial charge in [0.05, 0.1) is 0 Å². The predicted octanol–water partition coefficient (Wildman–Crippen LogP) is 1.74. The summed E-state index contributed by atoms with van der Waals surface area (Å²) >= 11 is 0. The van der Waals surface area contributed by atoms with Crippen LogP contribution in [0.3, 0.4) is 0 Å². The van der Waals surface area contributed by atoms with Crippen LogP contribution in [0.2, 0.25) is 0 Å². The summed E-state index contributed by atoms with van der Waals surface area (Å²) in [4.78, 5) is 12.9. The largest absolute Gasteiger partial charge is 0.411 e. The van der Waals surface area contributed by atoms with Crippen molar-refractivity contribution in [2.45, 2.75) is 19.4 Å². The van der Waals surface area contributed by atoms with E-state index < -0.39 is 6.09 Å². The van der Waals surface area contributed by atoms with Crippen molar-refractivity contribution in [1.82, 2.24) is 4.90 Å². The smallest absolute Gasteiger partial charge is 0.409 e. The first-order valence-electron chi connectivity index (χ1n) is 5.52. The molecular weight excluding hydrogens is 204 g/mol. The van der Waals surface area contributed by atoms with E-state index in [1.165, 1.54) is 31.5 Å². The van der Waals surface area contributed by atoms with Gasteiger partial charge in [0.15, 0.2) is 0 Å². The third kappa shape index (κ3) is 2.97. The quantitative estimate of drug-likeness (QED) is 0.844. The molecule has 0 atom stereocenters. The minimum absolute atomic E-state index is 0.498. The van der Waals surface area contributed by atoms with Gasteiger partial charge in [0, 0.05) is 6.54 Å². The number of likely N-dealkylation sites (tertiary alicyclic amines) is 1. The Kier molecular flexibility index (Phi) is 3.41. The zero-order chi connectivity index (χ0) is 11.4. The van der Waals surface area contributed by atoms with Crippen molar-refractivity contribution in [1.29, 1.82) is 0 Å². The summed E-state index contributed by atoms with van der Waals surface area (Å²) < 4.78 is 4.76. The van der Waals surface area contributed by atoms with Crippen LogP contribution in [0.15, 0.2) is 24.3 Å². The van der Waals surface area contributed by atoms with Crippen LogP contribution in [0.5, 0.6) is 5.75 Å². The molecule has 1 amide bonds. The second-order valence-electron chi connectivity index (χ2n) is 4.05. The molecule has 1 aromatic carbocycles. The summed E-state index contributed by atoms with van der Waals surface area (Å²) in [6, 6.07) is 7.49. The molecule has 1 heterocycles. The number of carbonyl (C=O) groups is 1. The normalized spacial score (nSPS) is 16.2. The number of nitrogens with zero attached hydrogens (tertiary/aromatic N) is 1. The van der Waals surface area contributed by atoms with Gasteiger partial charge in [-0.05, 0) is 43.6 Å². The van der Waals surface area contributed by atoms with Crippen LogP contribution in [0, 0.1) is 0 Å². The molecule has 1 aliphatic heterocycles. The van der Waals surface area contributed by atoms with Crippen molar-refractivity contribution in [2.24, 2.45) is 5.73 Å². The minimum Gasteiger partial charge on any atom is -0.411 e. The molecule has 4 nitrogen and oxygen atoms in total. The van der Waals surface area contributed by atoms with Crippen molar-refractivity contribution in [3.05, 3.63) is 29.8 Å². The first kappa shape index (κ1) is 11.0. The van der Waals surface area contributed by atoms with E-state index in [9.17, 15) is 4.79 Å². The van der Waals surface area contributed by atoms with Crippen molar-refractivity contribution in [3.8, 4) is 5.75 Å². The Morgan fingerprint density at radius 2 is 1.88 bits per heavy atom. The molecule has 1 saturated heterocycles. The molecule has 4 heteroatoms. The molecule has 1 aliphatic rings. The average Bonchev–Trinajstić information content (AvgIpc) is 2.73. The maximum Gasteiger partial charge on any atom is 0.409 e. The lowest BCUT2D eigenvalue weighted by molar-refractivity contribution is 0.211. The highest BCUT2D eigenvalue weighted by molar-refractivity contribution is 5.67. The van der Waals surface area contributed by atoms with Crippen LogP contribution in [0.4, 0.5) is 4.79 Å². The Hall–Kier alpha value is -1.55. The van der Waals surface area contributed by atoms with Gasteiger partial charge in [0.1, 0.15) is 5.75 Å². The van der Waals surface area contributed by atoms with E-state index in [0.29, 0.717) is 5.75 Å². The van der Waals surface area contributed by atoms with Crippen LogP contribution >= 0.6 is 0 Å². The van der Waals surface area contributed by atoms with Crippen molar-refractivity contribution >= 4 is 6.09 Å². The average molecular weight is 220 g/mol. The van der Waals surface area contributed by atoms with Crippen molar-refractivity contribution < 1.29 is 9.53 Å². The van der Waals surface area contributed by atoms with Gasteiger partial charge < -0.3 is 10.5 Å². The first-order valence-corrected chi connectivity index (χ1v) is 5.52. The molecule has 0 radical (unpaired) electrons. The number of hydrogen-bond acceptors (Lipinski definition) is 3. The molecule has 0 saturated carbocycles. The van der Waals surface area contributed by atoms with Crippen molar-refractivity contribution in [2.75, 3.05) is 13.1 Å². The summed E-state index contributed by atoms with van der Waals surface area (Å²) in [6.07, 6.45) is 1.82. The van der Waals surface area contributed by atoms with Gasteiger partial charge >= 0.3 is 6.09 Å². The highest BCUT2D eigenvalue weighted by Gasteiger charge is 2.11. The Labute approximate surface area is 95.0 Å². The van der Waals surface area contributed by atoms with E-state index in [4.69, 9.17) is 10.5 Å².